The predicted molar refractivity (Wildman–Crippen MR) is 56.2 cm³/mol. The van der Waals surface area contributed by atoms with Crippen LogP contribution in [0.15, 0.2) is 16.6 Å². The summed E-state index contributed by atoms with van der Waals surface area (Å²) in [5, 5.41) is 8.82. The van der Waals surface area contributed by atoms with Crippen LogP contribution in [0.5, 0.6) is 5.75 Å². The molecule has 1 rings (SSSR count). The number of aliphatic hydroxyl groups is 1. The molecular weight excluding hydrogens is 232 g/mol. The second-order valence-electron chi connectivity index (χ2n) is 2.86. The molecule has 0 unspecified atom stereocenters. The third-order valence-corrected chi connectivity index (χ3v) is 2.83. The van der Waals surface area contributed by atoms with Crippen LogP contribution in [0.2, 0.25) is 0 Å². The van der Waals surface area contributed by atoms with Crippen LogP contribution >= 0.6 is 15.9 Å². The molecule has 1 N–H and O–H groups in total. The maximum atomic E-state index is 8.82. The van der Waals surface area contributed by atoms with Crippen LogP contribution in [0, 0.1) is 6.92 Å². The fraction of sp³-hybridized carbons (Fsp3) is 0.400. The first-order valence-corrected chi connectivity index (χ1v) is 4.92. The Balaban J connectivity index is 3.11. The molecule has 0 aromatic heterocycles. The first-order chi connectivity index (χ1) is 6.20. The zero-order valence-corrected chi connectivity index (χ0v) is 9.39. The summed E-state index contributed by atoms with van der Waals surface area (Å²) in [6.07, 6.45) is 0.650. The highest BCUT2D eigenvalue weighted by Gasteiger charge is 2.08. The van der Waals surface area contributed by atoms with Gasteiger partial charge < -0.3 is 9.84 Å². The van der Waals surface area contributed by atoms with E-state index in [9.17, 15) is 0 Å². The highest BCUT2D eigenvalue weighted by Crippen LogP contribution is 2.31. The van der Waals surface area contributed by atoms with Gasteiger partial charge >= 0.3 is 0 Å². The molecule has 0 atom stereocenters. The lowest BCUT2D eigenvalue weighted by atomic mass is 10.1. The standard InChI is InChI=1S/C10H13BrO2/c1-7-3-4-8(5-6-12)9(11)10(7)13-2/h3-4,12H,5-6H2,1-2H3. The van der Waals surface area contributed by atoms with Crippen LogP contribution in [0.3, 0.4) is 0 Å². The molecule has 13 heavy (non-hydrogen) atoms. The Morgan fingerprint density at radius 3 is 2.69 bits per heavy atom. The van der Waals surface area contributed by atoms with Crippen LogP contribution in [0.4, 0.5) is 0 Å². The average molecular weight is 245 g/mol. The third kappa shape index (κ3) is 2.23. The van der Waals surface area contributed by atoms with Gasteiger partial charge in [-0.05, 0) is 40.4 Å². The molecule has 0 amide bonds. The van der Waals surface area contributed by atoms with Gasteiger partial charge in [0.15, 0.2) is 0 Å². The van der Waals surface area contributed by atoms with Crippen molar-refractivity contribution in [2.75, 3.05) is 13.7 Å². The molecule has 0 saturated carbocycles. The van der Waals surface area contributed by atoms with Crippen LogP contribution < -0.4 is 4.74 Å². The number of rotatable bonds is 3. The number of hydrogen-bond donors (Lipinski definition) is 1. The van der Waals surface area contributed by atoms with E-state index in [0.29, 0.717) is 6.42 Å². The summed E-state index contributed by atoms with van der Waals surface area (Å²) in [6, 6.07) is 3.99. The lowest BCUT2D eigenvalue weighted by Crippen LogP contribution is -1.96. The van der Waals surface area contributed by atoms with Crippen LogP contribution in [0.1, 0.15) is 11.1 Å². The SMILES string of the molecule is COc1c(C)ccc(CCO)c1Br. The monoisotopic (exact) mass is 244 g/mol. The minimum Gasteiger partial charge on any atom is -0.495 e. The quantitative estimate of drug-likeness (QED) is 0.885. The van der Waals surface area contributed by atoms with E-state index in [2.05, 4.69) is 15.9 Å². The largest absolute Gasteiger partial charge is 0.495 e. The van der Waals surface area contributed by atoms with Gasteiger partial charge in [0.1, 0.15) is 5.75 Å². The molecule has 1 aromatic carbocycles. The Kier molecular flexibility index (Phi) is 3.75. The van der Waals surface area contributed by atoms with Crippen molar-refractivity contribution in [2.45, 2.75) is 13.3 Å². The maximum Gasteiger partial charge on any atom is 0.136 e. The van der Waals surface area contributed by atoms with Gasteiger partial charge in [-0.2, -0.15) is 0 Å². The first-order valence-electron chi connectivity index (χ1n) is 4.13. The van der Waals surface area contributed by atoms with E-state index in [0.717, 1.165) is 21.3 Å². The molecule has 0 aliphatic rings. The van der Waals surface area contributed by atoms with Crippen molar-refractivity contribution in [1.29, 1.82) is 0 Å². The summed E-state index contributed by atoms with van der Waals surface area (Å²) in [5.41, 5.74) is 2.17. The van der Waals surface area contributed by atoms with Crippen molar-refractivity contribution < 1.29 is 9.84 Å². The van der Waals surface area contributed by atoms with Crippen LogP contribution in [-0.2, 0) is 6.42 Å². The molecule has 1 aromatic rings. The van der Waals surface area contributed by atoms with E-state index < -0.39 is 0 Å². The van der Waals surface area contributed by atoms with Crippen LogP contribution in [-0.4, -0.2) is 18.8 Å². The number of ether oxygens (including phenoxy) is 1. The molecule has 0 aliphatic carbocycles. The molecule has 0 heterocycles. The maximum absolute atomic E-state index is 8.82. The van der Waals surface area contributed by atoms with Crippen molar-refractivity contribution in [2.24, 2.45) is 0 Å². The Labute approximate surface area is 86.7 Å². The number of halogens is 1. The lowest BCUT2D eigenvalue weighted by Gasteiger charge is -2.10. The number of benzene rings is 1. The highest BCUT2D eigenvalue weighted by atomic mass is 79.9. The summed E-state index contributed by atoms with van der Waals surface area (Å²) < 4.78 is 6.18. The van der Waals surface area contributed by atoms with Gasteiger partial charge in [-0.25, -0.2) is 0 Å². The summed E-state index contributed by atoms with van der Waals surface area (Å²) in [6.45, 7) is 2.15. The summed E-state index contributed by atoms with van der Waals surface area (Å²) in [4.78, 5) is 0. The van der Waals surface area contributed by atoms with Gasteiger partial charge in [0.25, 0.3) is 0 Å². The molecule has 3 heteroatoms. The minimum absolute atomic E-state index is 0.158. The van der Waals surface area contributed by atoms with Crippen molar-refractivity contribution >= 4 is 15.9 Å². The van der Waals surface area contributed by atoms with Gasteiger partial charge in [-0.3, -0.25) is 0 Å². The smallest absolute Gasteiger partial charge is 0.136 e. The Bertz CT molecular complexity index is 297. The van der Waals surface area contributed by atoms with Crippen molar-refractivity contribution in [3.63, 3.8) is 0 Å². The molecule has 2 nitrogen and oxygen atoms in total. The predicted octanol–water partition coefficient (Wildman–Crippen LogP) is 2.30. The molecule has 0 radical (unpaired) electrons. The fourth-order valence-corrected chi connectivity index (χ4v) is 2.06. The first kappa shape index (κ1) is 10.5. The number of methoxy groups -OCH3 is 1. The van der Waals surface area contributed by atoms with Gasteiger partial charge in [0.05, 0.1) is 11.6 Å². The van der Waals surface area contributed by atoms with Gasteiger partial charge in [0.2, 0.25) is 0 Å². The third-order valence-electron chi connectivity index (χ3n) is 1.96. The molecule has 0 fully saturated rings. The zero-order valence-electron chi connectivity index (χ0n) is 7.80. The number of hydrogen-bond acceptors (Lipinski definition) is 2. The van der Waals surface area contributed by atoms with Crippen molar-refractivity contribution in [3.8, 4) is 5.75 Å². The Morgan fingerprint density at radius 1 is 1.46 bits per heavy atom. The Morgan fingerprint density at radius 2 is 2.15 bits per heavy atom. The molecule has 72 valence electrons. The van der Waals surface area contributed by atoms with Gasteiger partial charge in [-0.15, -0.1) is 0 Å². The summed E-state index contributed by atoms with van der Waals surface area (Å²) in [5.74, 6) is 0.853. The lowest BCUT2D eigenvalue weighted by molar-refractivity contribution is 0.299. The van der Waals surface area contributed by atoms with Crippen molar-refractivity contribution in [3.05, 3.63) is 27.7 Å². The van der Waals surface area contributed by atoms with E-state index >= 15 is 0 Å². The average Bonchev–Trinajstić information content (AvgIpc) is 2.11. The molecule has 0 aliphatic heterocycles. The van der Waals surface area contributed by atoms with E-state index in [-0.39, 0.29) is 6.61 Å². The van der Waals surface area contributed by atoms with Crippen molar-refractivity contribution in [1.82, 2.24) is 0 Å². The molecule has 0 spiro atoms. The van der Waals surface area contributed by atoms with Gasteiger partial charge in [-0.1, -0.05) is 12.1 Å². The second kappa shape index (κ2) is 4.63. The molecule has 0 saturated heterocycles. The molecular formula is C10H13BrO2. The van der Waals surface area contributed by atoms with Gasteiger partial charge in [0, 0.05) is 6.61 Å². The number of aliphatic hydroxyl groups excluding tert-OH is 1. The fourth-order valence-electron chi connectivity index (χ4n) is 1.26. The van der Waals surface area contributed by atoms with Crippen LogP contribution in [0.25, 0.3) is 0 Å². The second-order valence-corrected chi connectivity index (χ2v) is 3.66. The molecule has 0 bridgehead atoms. The normalized spacial score (nSPS) is 10.2. The summed E-state index contributed by atoms with van der Waals surface area (Å²) in [7, 11) is 1.65. The van der Waals surface area contributed by atoms with E-state index in [1.54, 1.807) is 7.11 Å². The zero-order chi connectivity index (χ0) is 9.84. The Hall–Kier alpha value is -0.540. The van der Waals surface area contributed by atoms with E-state index in [4.69, 9.17) is 9.84 Å². The number of aryl methyl sites for hydroxylation is 1. The highest BCUT2D eigenvalue weighted by molar-refractivity contribution is 9.10. The summed E-state index contributed by atoms with van der Waals surface area (Å²) >= 11 is 3.46. The van der Waals surface area contributed by atoms with E-state index in [1.165, 1.54) is 0 Å². The van der Waals surface area contributed by atoms with E-state index in [1.807, 2.05) is 19.1 Å². The minimum atomic E-state index is 0.158. The topological polar surface area (TPSA) is 29.5 Å².